The average molecular weight is 220 g/mol. The van der Waals surface area contributed by atoms with E-state index in [1.807, 2.05) is 13.1 Å². The lowest BCUT2D eigenvalue weighted by atomic mass is 10.4. The van der Waals surface area contributed by atoms with E-state index < -0.39 is 0 Å². The molecule has 0 fully saturated rings. The molecule has 0 unspecified atom stereocenters. The number of nitrogens with zero attached hydrogens (tertiary/aromatic N) is 2. The van der Waals surface area contributed by atoms with Crippen LogP contribution in [-0.2, 0) is 11.3 Å². The van der Waals surface area contributed by atoms with E-state index in [0.29, 0.717) is 19.6 Å². The van der Waals surface area contributed by atoms with Gasteiger partial charge in [0.15, 0.2) is 0 Å². The minimum Gasteiger partial charge on any atom is -0.353 e. The summed E-state index contributed by atoms with van der Waals surface area (Å²) in [5.74, 6) is 2.35. The van der Waals surface area contributed by atoms with Gasteiger partial charge in [0.25, 0.3) is 0 Å². The second-order valence-corrected chi connectivity index (χ2v) is 3.44. The highest BCUT2D eigenvalue weighted by Gasteiger charge is 1.99. The molecule has 1 rings (SSSR count). The van der Waals surface area contributed by atoms with Crippen molar-refractivity contribution in [3.8, 4) is 12.3 Å². The summed E-state index contributed by atoms with van der Waals surface area (Å²) in [6, 6.07) is 0. The molecule has 16 heavy (non-hydrogen) atoms. The minimum atomic E-state index is -0.0564. The van der Waals surface area contributed by atoms with Crippen molar-refractivity contribution in [1.82, 2.24) is 20.4 Å². The highest BCUT2D eigenvalue weighted by Crippen LogP contribution is 1.92. The van der Waals surface area contributed by atoms with Gasteiger partial charge < -0.3 is 5.32 Å². The maximum absolute atomic E-state index is 11.2. The van der Waals surface area contributed by atoms with Crippen molar-refractivity contribution in [3.05, 3.63) is 18.0 Å². The number of carbonyl (C=O) groups excluding carboxylic acids is 1. The van der Waals surface area contributed by atoms with Crippen LogP contribution in [-0.4, -0.2) is 35.3 Å². The van der Waals surface area contributed by atoms with Crippen molar-refractivity contribution in [1.29, 1.82) is 0 Å². The van der Waals surface area contributed by atoms with E-state index in [1.54, 1.807) is 10.9 Å². The highest BCUT2D eigenvalue weighted by molar-refractivity contribution is 5.77. The molecular weight excluding hydrogens is 204 g/mol. The van der Waals surface area contributed by atoms with Crippen molar-refractivity contribution < 1.29 is 4.79 Å². The summed E-state index contributed by atoms with van der Waals surface area (Å²) in [5, 5.41) is 9.70. The average Bonchev–Trinajstić information content (AvgIpc) is 2.65. The molecule has 86 valence electrons. The Bertz CT molecular complexity index is 378. The van der Waals surface area contributed by atoms with Crippen molar-refractivity contribution in [2.75, 3.05) is 19.6 Å². The molecule has 1 aromatic rings. The monoisotopic (exact) mass is 220 g/mol. The van der Waals surface area contributed by atoms with E-state index in [4.69, 9.17) is 6.42 Å². The van der Waals surface area contributed by atoms with Gasteiger partial charge in [0, 0.05) is 12.7 Å². The number of aromatic nitrogens is 2. The summed E-state index contributed by atoms with van der Waals surface area (Å²) in [6.07, 6.45) is 8.76. The van der Waals surface area contributed by atoms with Gasteiger partial charge in [-0.2, -0.15) is 5.10 Å². The molecule has 0 aromatic carbocycles. The third kappa shape index (κ3) is 4.62. The third-order valence-corrected chi connectivity index (χ3v) is 1.94. The Morgan fingerprint density at radius 3 is 3.12 bits per heavy atom. The normalized spacial score (nSPS) is 9.75. The molecule has 0 bridgehead atoms. The Morgan fingerprint density at radius 2 is 2.50 bits per heavy atom. The van der Waals surface area contributed by atoms with Gasteiger partial charge in [-0.15, -0.1) is 6.42 Å². The second kappa shape index (κ2) is 6.64. The first-order valence-electron chi connectivity index (χ1n) is 5.12. The van der Waals surface area contributed by atoms with Crippen molar-refractivity contribution in [2.45, 2.75) is 13.5 Å². The van der Waals surface area contributed by atoms with Gasteiger partial charge in [-0.3, -0.25) is 14.8 Å². The van der Waals surface area contributed by atoms with Crippen molar-refractivity contribution in [2.24, 2.45) is 0 Å². The zero-order valence-corrected chi connectivity index (χ0v) is 9.36. The van der Waals surface area contributed by atoms with Crippen molar-refractivity contribution >= 4 is 5.91 Å². The van der Waals surface area contributed by atoms with Gasteiger partial charge in [0.1, 0.15) is 0 Å². The maximum Gasteiger partial charge on any atom is 0.234 e. The standard InChI is InChI=1S/C11H16N4O/c1-3-4-12-8-11(16)13-5-6-15-9-10(2)7-14-15/h1,7,9,12H,4-6,8H2,2H3,(H,13,16). The fourth-order valence-electron chi connectivity index (χ4n) is 1.21. The lowest BCUT2D eigenvalue weighted by molar-refractivity contribution is -0.120. The van der Waals surface area contributed by atoms with Crippen LogP contribution in [0.25, 0.3) is 0 Å². The molecule has 1 amide bonds. The summed E-state index contributed by atoms with van der Waals surface area (Å²) >= 11 is 0. The molecule has 1 aromatic heterocycles. The summed E-state index contributed by atoms with van der Waals surface area (Å²) < 4.78 is 1.80. The number of amides is 1. The first kappa shape index (κ1) is 12.3. The number of terminal acetylenes is 1. The molecule has 0 aliphatic heterocycles. The molecule has 5 nitrogen and oxygen atoms in total. The Labute approximate surface area is 95.2 Å². The molecule has 0 radical (unpaired) electrons. The molecule has 0 aliphatic rings. The van der Waals surface area contributed by atoms with E-state index >= 15 is 0 Å². The van der Waals surface area contributed by atoms with Gasteiger partial charge in [-0.25, -0.2) is 0 Å². The molecule has 2 N–H and O–H groups in total. The van der Waals surface area contributed by atoms with Crippen LogP contribution in [0, 0.1) is 19.3 Å². The maximum atomic E-state index is 11.2. The number of carbonyl (C=O) groups is 1. The summed E-state index contributed by atoms with van der Waals surface area (Å²) in [4.78, 5) is 11.2. The molecule has 0 spiro atoms. The van der Waals surface area contributed by atoms with Crippen molar-refractivity contribution in [3.63, 3.8) is 0 Å². The fraction of sp³-hybridized carbons (Fsp3) is 0.455. The van der Waals surface area contributed by atoms with Crippen LogP contribution < -0.4 is 10.6 Å². The Morgan fingerprint density at radius 1 is 1.69 bits per heavy atom. The largest absolute Gasteiger partial charge is 0.353 e. The van der Waals surface area contributed by atoms with Crippen LogP contribution in [0.2, 0.25) is 0 Å². The van der Waals surface area contributed by atoms with Crippen LogP contribution in [0.15, 0.2) is 12.4 Å². The number of hydrogen-bond acceptors (Lipinski definition) is 3. The van der Waals surface area contributed by atoms with E-state index in [2.05, 4.69) is 21.7 Å². The molecule has 0 atom stereocenters. The van der Waals surface area contributed by atoms with Gasteiger partial charge in [0.05, 0.1) is 25.8 Å². The SMILES string of the molecule is C#CCNCC(=O)NCCn1cc(C)cn1. The molecule has 5 heteroatoms. The Hall–Kier alpha value is -1.80. The summed E-state index contributed by atoms with van der Waals surface area (Å²) in [6.45, 7) is 3.88. The predicted octanol–water partition coefficient (Wildman–Crippen LogP) is -0.469. The number of hydrogen-bond donors (Lipinski definition) is 2. The molecular formula is C11H16N4O. The van der Waals surface area contributed by atoms with Crippen LogP contribution in [0.5, 0.6) is 0 Å². The molecule has 1 heterocycles. The lowest BCUT2D eigenvalue weighted by Gasteiger charge is -2.05. The molecule has 0 saturated carbocycles. The van der Waals surface area contributed by atoms with Gasteiger partial charge in [-0.05, 0) is 12.5 Å². The van der Waals surface area contributed by atoms with E-state index in [0.717, 1.165) is 5.56 Å². The van der Waals surface area contributed by atoms with Crippen LogP contribution in [0.1, 0.15) is 5.56 Å². The van der Waals surface area contributed by atoms with E-state index in [1.165, 1.54) is 0 Å². The number of rotatable bonds is 6. The van der Waals surface area contributed by atoms with Gasteiger partial charge in [-0.1, -0.05) is 5.92 Å². The van der Waals surface area contributed by atoms with Gasteiger partial charge in [0.2, 0.25) is 5.91 Å². The first-order valence-corrected chi connectivity index (χ1v) is 5.12. The summed E-state index contributed by atoms with van der Waals surface area (Å²) in [7, 11) is 0. The zero-order valence-electron chi connectivity index (χ0n) is 9.36. The highest BCUT2D eigenvalue weighted by atomic mass is 16.1. The quantitative estimate of drug-likeness (QED) is 0.503. The number of aryl methyl sites for hydroxylation is 1. The molecule has 0 aliphatic carbocycles. The third-order valence-electron chi connectivity index (χ3n) is 1.94. The minimum absolute atomic E-state index is 0.0564. The Balaban J connectivity index is 2.11. The zero-order chi connectivity index (χ0) is 11.8. The topological polar surface area (TPSA) is 59.0 Å². The predicted molar refractivity (Wildman–Crippen MR) is 61.7 cm³/mol. The van der Waals surface area contributed by atoms with E-state index in [-0.39, 0.29) is 12.5 Å². The van der Waals surface area contributed by atoms with E-state index in [9.17, 15) is 4.79 Å². The Kier molecular flexibility index (Phi) is 5.09. The van der Waals surface area contributed by atoms with Crippen LogP contribution >= 0.6 is 0 Å². The summed E-state index contributed by atoms with van der Waals surface area (Å²) in [5.41, 5.74) is 1.11. The van der Waals surface area contributed by atoms with Crippen LogP contribution in [0.4, 0.5) is 0 Å². The smallest absolute Gasteiger partial charge is 0.234 e. The lowest BCUT2D eigenvalue weighted by Crippen LogP contribution is -2.35. The fourth-order valence-corrected chi connectivity index (χ4v) is 1.21. The number of nitrogens with one attached hydrogen (secondary N) is 2. The van der Waals surface area contributed by atoms with Crippen LogP contribution in [0.3, 0.4) is 0 Å². The second-order valence-electron chi connectivity index (χ2n) is 3.44. The molecule has 0 saturated heterocycles. The van der Waals surface area contributed by atoms with Gasteiger partial charge >= 0.3 is 0 Å². The first-order chi connectivity index (χ1) is 7.72.